The fourth-order valence-electron chi connectivity index (χ4n) is 2.58. The van der Waals surface area contributed by atoms with Crippen molar-refractivity contribution >= 4 is 23.4 Å². The molecule has 26 heavy (non-hydrogen) atoms. The highest BCUT2D eigenvalue weighted by Crippen LogP contribution is 2.39. The number of hydrogen-bond donors (Lipinski definition) is 1. The van der Waals surface area contributed by atoms with Crippen LogP contribution in [0.3, 0.4) is 0 Å². The summed E-state index contributed by atoms with van der Waals surface area (Å²) in [7, 11) is 1.64. The van der Waals surface area contributed by atoms with Gasteiger partial charge in [-0.05, 0) is 42.0 Å². The summed E-state index contributed by atoms with van der Waals surface area (Å²) in [6, 6.07) is 11.5. The van der Waals surface area contributed by atoms with Crippen LogP contribution in [-0.2, 0) is 5.75 Å². The van der Waals surface area contributed by atoms with Crippen LogP contribution in [0.5, 0.6) is 17.2 Å². The van der Waals surface area contributed by atoms with Crippen LogP contribution in [-0.4, -0.2) is 35.5 Å². The van der Waals surface area contributed by atoms with Crippen LogP contribution in [0.15, 0.2) is 41.6 Å². The number of aromatic nitrogens is 3. The highest BCUT2D eigenvalue weighted by molar-refractivity contribution is 7.98. The smallest absolute Gasteiger partial charge is 0.209 e. The van der Waals surface area contributed by atoms with E-state index in [1.54, 1.807) is 7.11 Å². The Kier molecular flexibility index (Phi) is 4.90. The standard InChI is InChI=1S/C18H16ClN3O3S/c1-23-13-4-2-12(3-5-13)17-20-18(22-21-17)26-10-11-8-14(19)16-15(9-11)24-6-7-25-16/h2-5,8-9H,6-7,10H2,1H3,(H,20,21,22). The van der Waals surface area contributed by atoms with Gasteiger partial charge in [0.1, 0.15) is 19.0 Å². The van der Waals surface area contributed by atoms with Gasteiger partial charge in [0.15, 0.2) is 17.3 Å². The van der Waals surface area contributed by atoms with E-state index in [9.17, 15) is 0 Å². The fourth-order valence-corrected chi connectivity index (χ4v) is 3.60. The number of ether oxygens (including phenoxy) is 3. The number of halogens is 1. The van der Waals surface area contributed by atoms with Crippen LogP contribution >= 0.6 is 23.4 Å². The second-order valence-corrected chi connectivity index (χ2v) is 6.94. The molecular formula is C18H16ClN3O3S. The number of hydrogen-bond acceptors (Lipinski definition) is 6. The molecule has 0 radical (unpaired) electrons. The molecule has 1 N–H and O–H groups in total. The average Bonchev–Trinajstić information content (AvgIpc) is 3.15. The van der Waals surface area contributed by atoms with Crippen molar-refractivity contribution in [3.63, 3.8) is 0 Å². The summed E-state index contributed by atoms with van der Waals surface area (Å²) in [6.07, 6.45) is 0. The number of nitrogens with zero attached hydrogens (tertiary/aromatic N) is 2. The van der Waals surface area contributed by atoms with E-state index < -0.39 is 0 Å². The molecule has 0 amide bonds. The topological polar surface area (TPSA) is 69.3 Å². The summed E-state index contributed by atoms with van der Waals surface area (Å²) in [5, 5.41) is 8.46. The second kappa shape index (κ2) is 7.47. The van der Waals surface area contributed by atoms with Gasteiger partial charge in [0, 0.05) is 11.3 Å². The third-order valence-corrected chi connectivity index (χ3v) is 5.05. The molecule has 0 atom stereocenters. The summed E-state index contributed by atoms with van der Waals surface area (Å²) < 4.78 is 16.3. The van der Waals surface area contributed by atoms with Crippen molar-refractivity contribution in [3.8, 4) is 28.6 Å². The molecule has 1 aliphatic rings. The lowest BCUT2D eigenvalue weighted by molar-refractivity contribution is 0.171. The predicted molar refractivity (Wildman–Crippen MR) is 100 cm³/mol. The third kappa shape index (κ3) is 3.59. The largest absolute Gasteiger partial charge is 0.497 e. The summed E-state index contributed by atoms with van der Waals surface area (Å²) in [4.78, 5) is 4.53. The van der Waals surface area contributed by atoms with Gasteiger partial charge in [-0.1, -0.05) is 23.4 Å². The summed E-state index contributed by atoms with van der Waals surface area (Å²) in [5.74, 6) is 3.50. The summed E-state index contributed by atoms with van der Waals surface area (Å²) in [6.45, 7) is 1.05. The number of nitrogens with one attached hydrogen (secondary N) is 1. The number of rotatable bonds is 5. The molecule has 0 saturated heterocycles. The Hall–Kier alpha value is -2.38. The first-order chi connectivity index (χ1) is 12.7. The van der Waals surface area contributed by atoms with Crippen LogP contribution in [0.1, 0.15) is 5.56 Å². The van der Waals surface area contributed by atoms with Gasteiger partial charge in [-0.15, -0.1) is 5.10 Å². The highest BCUT2D eigenvalue weighted by atomic mass is 35.5. The van der Waals surface area contributed by atoms with Crippen molar-refractivity contribution in [3.05, 3.63) is 47.0 Å². The summed E-state index contributed by atoms with van der Waals surface area (Å²) in [5.41, 5.74) is 1.98. The zero-order valence-electron chi connectivity index (χ0n) is 14.0. The molecule has 0 unspecified atom stereocenters. The molecule has 134 valence electrons. The number of benzene rings is 2. The van der Waals surface area contributed by atoms with Crippen LogP contribution in [0.25, 0.3) is 11.4 Å². The van der Waals surface area contributed by atoms with E-state index in [0.717, 1.165) is 22.7 Å². The zero-order chi connectivity index (χ0) is 17.9. The van der Waals surface area contributed by atoms with Crippen LogP contribution < -0.4 is 14.2 Å². The molecule has 1 aliphatic heterocycles. The molecule has 6 nitrogen and oxygen atoms in total. The SMILES string of the molecule is COc1ccc(-c2nc(SCc3cc(Cl)c4c(c3)OCCO4)n[nH]2)cc1. The van der Waals surface area contributed by atoms with Crippen molar-refractivity contribution in [2.24, 2.45) is 0 Å². The maximum absolute atomic E-state index is 6.28. The molecule has 3 aromatic rings. The van der Waals surface area contributed by atoms with E-state index in [0.29, 0.717) is 40.6 Å². The molecule has 0 aliphatic carbocycles. The van der Waals surface area contributed by atoms with Gasteiger partial charge < -0.3 is 14.2 Å². The molecule has 0 bridgehead atoms. The first-order valence-electron chi connectivity index (χ1n) is 8.00. The van der Waals surface area contributed by atoms with E-state index in [4.69, 9.17) is 25.8 Å². The van der Waals surface area contributed by atoms with E-state index in [1.807, 2.05) is 36.4 Å². The first kappa shape index (κ1) is 17.1. The zero-order valence-corrected chi connectivity index (χ0v) is 15.6. The first-order valence-corrected chi connectivity index (χ1v) is 9.37. The Labute approximate surface area is 159 Å². The van der Waals surface area contributed by atoms with Crippen molar-refractivity contribution in [1.82, 2.24) is 15.2 Å². The van der Waals surface area contributed by atoms with Crippen LogP contribution in [0, 0.1) is 0 Å². The number of fused-ring (bicyclic) bond motifs is 1. The van der Waals surface area contributed by atoms with Crippen molar-refractivity contribution in [2.45, 2.75) is 10.9 Å². The molecule has 0 fully saturated rings. The second-order valence-electron chi connectivity index (χ2n) is 5.59. The van der Waals surface area contributed by atoms with Gasteiger partial charge in [0.05, 0.1) is 12.1 Å². The third-order valence-electron chi connectivity index (χ3n) is 3.85. The van der Waals surface area contributed by atoms with Crippen molar-refractivity contribution in [2.75, 3.05) is 20.3 Å². The molecule has 2 heterocycles. The lowest BCUT2D eigenvalue weighted by atomic mass is 10.2. The van der Waals surface area contributed by atoms with Gasteiger partial charge >= 0.3 is 0 Å². The Morgan fingerprint density at radius 3 is 2.81 bits per heavy atom. The number of aromatic amines is 1. The van der Waals surface area contributed by atoms with E-state index >= 15 is 0 Å². The number of methoxy groups -OCH3 is 1. The van der Waals surface area contributed by atoms with Crippen molar-refractivity contribution < 1.29 is 14.2 Å². The van der Waals surface area contributed by atoms with Crippen molar-refractivity contribution in [1.29, 1.82) is 0 Å². The van der Waals surface area contributed by atoms with Gasteiger partial charge in [-0.3, -0.25) is 5.10 Å². The average molecular weight is 390 g/mol. The number of thioether (sulfide) groups is 1. The minimum Gasteiger partial charge on any atom is -0.497 e. The molecule has 0 spiro atoms. The molecule has 1 aromatic heterocycles. The fraction of sp³-hybridized carbons (Fsp3) is 0.222. The van der Waals surface area contributed by atoms with E-state index in [2.05, 4.69) is 15.2 Å². The van der Waals surface area contributed by atoms with Crippen LogP contribution in [0.2, 0.25) is 5.02 Å². The van der Waals surface area contributed by atoms with Gasteiger partial charge in [0.2, 0.25) is 5.16 Å². The van der Waals surface area contributed by atoms with Crippen LogP contribution in [0.4, 0.5) is 0 Å². The van der Waals surface area contributed by atoms with Gasteiger partial charge in [-0.2, -0.15) is 0 Å². The maximum Gasteiger partial charge on any atom is 0.209 e. The van der Waals surface area contributed by atoms with Gasteiger partial charge in [0.25, 0.3) is 0 Å². The normalized spacial score (nSPS) is 12.8. The molecular weight excluding hydrogens is 374 g/mol. The Balaban J connectivity index is 1.45. The Morgan fingerprint density at radius 2 is 2.00 bits per heavy atom. The molecule has 2 aromatic carbocycles. The quantitative estimate of drug-likeness (QED) is 0.659. The maximum atomic E-state index is 6.28. The number of H-pyrrole nitrogens is 1. The minimum absolute atomic E-state index is 0.520. The van der Waals surface area contributed by atoms with E-state index in [1.165, 1.54) is 11.8 Å². The lowest BCUT2D eigenvalue weighted by Gasteiger charge is -2.20. The van der Waals surface area contributed by atoms with E-state index in [-0.39, 0.29) is 0 Å². The van der Waals surface area contributed by atoms with Gasteiger partial charge in [-0.25, -0.2) is 4.98 Å². The monoisotopic (exact) mass is 389 g/mol. The lowest BCUT2D eigenvalue weighted by Crippen LogP contribution is -2.15. The summed E-state index contributed by atoms with van der Waals surface area (Å²) >= 11 is 7.80. The Morgan fingerprint density at radius 1 is 1.19 bits per heavy atom. The Bertz CT molecular complexity index is 915. The predicted octanol–water partition coefficient (Wildman–Crippen LogP) is 4.20. The minimum atomic E-state index is 0.520. The molecule has 4 rings (SSSR count). The molecule has 8 heteroatoms. The molecule has 0 saturated carbocycles. The highest BCUT2D eigenvalue weighted by Gasteiger charge is 2.17.